The summed E-state index contributed by atoms with van der Waals surface area (Å²) in [6.07, 6.45) is 1.58. The molecular formula is C18H18Cl2N6O3. The normalized spacial score (nSPS) is 10.9. The maximum absolute atomic E-state index is 12.3. The van der Waals surface area contributed by atoms with Crippen molar-refractivity contribution in [3.63, 3.8) is 0 Å². The smallest absolute Gasteiger partial charge is 0.358 e. The Kier molecular flexibility index (Phi) is 6.19. The zero-order chi connectivity index (χ0) is 21.1. The van der Waals surface area contributed by atoms with E-state index in [4.69, 9.17) is 23.2 Å². The number of benzene rings is 1. The number of nitrogens with zero attached hydrogens (tertiary/aromatic N) is 5. The summed E-state index contributed by atoms with van der Waals surface area (Å²) in [5, 5.41) is 22.9. The molecule has 11 heteroatoms. The Morgan fingerprint density at radius 1 is 1.21 bits per heavy atom. The highest BCUT2D eigenvalue weighted by atomic mass is 35.5. The first-order valence-electron chi connectivity index (χ1n) is 8.71. The van der Waals surface area contributed by atoms with E-state index >= 15 is 0 Å². The minimum Gasteiger partial charge on any atom is -0.358 e. The molecule has 0 unspecified atom stereocenters. The SMILES string of the molecule is Cc1nn(Cc2c(Cl)cccc2Cl)c(C)c1NC(=O)CCn1ccc([N+](=O)[O-])n1. The van der Waals surface area contributed by atoms with Crippen molar-refractivity contribution in [2.45, 2.75) is 33.4 Å². The van der Waals surface area contributed by atoms with Gasteiger partial charge in [-0.05, 0) is 30.9 Å². The largest absolute Gasteiger partial charge is 0.389 e. The molecule has 2 aromatic heterocycles. The van der Waals surface area contributed by atoms with Crippen LogP contribution in [0.5, 0.6) is 0 Å². The van der Waals surface area contributed by atoms with Gasteiger partial charge in [-0.2, -0.15) is 9.78 Å². The highest BCUT2D eigenvalue weighted by Gasteiger charge is 2.17. The Morgan fingerprint density at radius 3 is 2.52 bits per heavy atom. The second-order valence-electron chi connectivity index (χ2n) is 6.40. The molecule has 3 rings (SSSR count). The molecule has 0 fully saturated rings. The highest BCUT2D eigenvalue weighted by Crippen LogP contribution is 2.27. The molecule has 0 aliphatic heterocycles. The predicted molar refractivity (Wildman–Crippen MR) is 109 cm³/mol. The lowest BCUT2D eigenvalue weighted by atomic mass is 10.2. The van der Waals surface area contributed by atoms with E-state index in [-0.39, 0.29) is 24.7 Å². The number of hydrogen-bond donors (Lipinski definition) is 1. The van der Waals surface area contributed by atoms with Crippen LogP contribution in [-0.4, -0.2) is 30.4 Å². The lowest BCUT2D eigenvalue weighted by Crippen LogP contribution is -2.16. The molecule has 0 saturated carbocycles. The van der Waals surface area contributed by atoms with Gasteiger partial charge in [0.25, 0.3) is 0 Å². The predicted octanol–water partition coefficient (Wildman–Crippen LogP) is 3.99. The van der Waals surface area contributed by atoms with Crippen molar-refractivity contribution in [3.05, 3.63) is 67.6 Å². The van der Waals surface area contributed by atoms with Gasteiger partial charge >= 0.3 is 5.82 Å². The molecule has 2 heterocycles. The maximum Gasteiger partial charge on any atom is 0.389 e. The van der Waals surface area contributed by atoms with Gasteiger partial charge in [0, 0.05) is 22.0 Å². The number of nitrogens with one attached hydrogen (secondary N) is 1. The van der Waals surface area contributed by atoms with E-state index in [0.717, 1.165) is 11.3 Å². The topological polar surface area (TPSA) is 108 Å². The van der Waals surface area contributed by atoms with Crippen LogP contribution in [0.15, 0.2) is 30.5 Å². The Hall–Kier alpha value is -2.91. The monoisotopic (exact) mass is 436 g/mol. The molecule has 1 N–H and O–H groups in total. The molecule has 1 aromatic carbocycles. The van der Waals surface area contributed by atoms with Gasteiger partial charge in [0.2, 0.25) is 5.91 Å². The van der Waals surface area contributed by atoms with E-state index in [2.05, 4.69) is 15.5 Å². The van der Waals surface area contributed by atoms with Crippen LogP contribution in [0.4, 0.5) is 11.5 Å². The number of halogens is 2. The van der Waals surface area contributed by atoms with Crippen molar-refractivity contribution in [3.8, 4) is 0 Å². The number of rotatable bonds is 7. The second-order valence-corrected chi connectivity index (χ2v) is 7.21. The quantitative estimate of drug-likeness (QED) is 0.444. The van der Waals surface area contributed by atoms with Crippen molar-refractivity contribution in [1.29, 1.82) is 0 Å². The summed E-state index contributed by atoms with van der Waals surface area (Å²) in [5.41, 5.74) is 2.79. The Labute approximate surface area is 176 Å². The summed E-state index contributed by atoms with van der Waals surface area (Å²) in [6, 6.07) is 6.58. The van der Waals surface area contributed by atoms with Gasteiger partial charge in [0.1, 0.15) is 0 Å². The third kappa shape index (κ3) is 4.75. The van der Waals surface area contributed by atoms with Crippen LogP contribution < -0.4 is 5.32 Å². The van der Waals surface area contributed by atoms with Gasteiger partial charge in [-0.3, -0.25) is 9.48 Å². The first kappa shape index (κ1) is 20.8. The van der Waals surface area contributed by atoms with Crippen LogP contribution in [0.1, 0.15) is 23.4 Å². The van der Waals surface area contributed by atoms with Crippen LogP contribution in [0.2, 0.25) is 10.0 Å². The van der Waals surface area contributed by atoms with Crippen molar-refractivity contribution < 1.29 is 9.72 Å². The fraction of sp³-hybridized carbons (Fsp3) is 0.278. The van der Waals surface area contributed by atoms with Crippen LogP contribution in [0, 0.1) is 24.0 Å². The van der Waals surface area contributed by atoms with Gasteiger partial charge < -0.3 is 15.4 Å². The second kappa shape index (κ2) is 8.62. The van der Waals surface area contributed by atoms with E-state index in [1.54, 1.807) is 29.8 Å². The molecule has 0 radical (unpaired) electrons. The summed E-state index contributed by atoms with van der Waals surface area (Å²) < 4.78 is 3.09. The number of carbonyl (C=O) groups is 1. The summed E-state index contributed by atoms with van der Waals surface area (Å²) in [6.45, 7) is 4.24. The highest BCUT2D eigenvalue weighted by molar-refractivity contribution is 6.35. The minimum absolute atomic E-state index is 0.110. The van der Waals surface area contributed by atoms with E-state index < -0.39 is 4.92 Å². The number of carbonyl (C=O) groups excluding carboxylic acids is 1. The Bertz CT molecular complexity index is 1060. The molecule has 152 valence electrons. The lowest BCUT2D eigenvalue weighted by Gasteiger charge is -2.09. The maximum atomic E-state index is 12.3. The van der Waals surface area contributed by atoms with Crippen molar-refractivity contribution in [2.75, 3.05) is 5.32 Å². The zero-order valence-corrected chi connectivity index (χ0v) is 17.2. The Balaban J connectivity index is 1.68. The first-order chi connectivity index (χ1) is 13.8. The fourth-order valence-corrected chi connectivity index (χ4v) is 3.37. The molecular weight excluding hydrogens is 419 g/mol. The third-order valence-corrected chi connectivity index (χ3v) is 5.11. The molecule has 29 heavy (non-hydrogen) atoms. The van der Waals surface area contributed by atoms with Crippen LogP contribution >= 0.6 is 23.2 Å². The molecule has 0 aliphatic carbocycles. The molecule has 0 spiro atoms. The lowest BCUT2D eigenvalue weighted by molar-refractivity contribution is -0.389. The third-order valence-electron chi connectivity index (χ3n) is 4.40. The first-order valence-corrected chi connectivity index (χ1v) is 9.46. The number of amides is 1. The summed E-state index contributed by atoms with van der Waals surface area (Å²) in [5.74, 6) is -0.499. The summed E-state index contributed by atoms with van der Waals surface area (Å²) >= 11 is 12.5. The van der Waals surface area contributed by atoms with Crippen LogP contribution in [0.3, 0.4) is 0 Å². The van der Waals surface area contributed by atoms with Crippen LogP contribution in [-0.2, 0) is 17.9 Å². The minimum atomic E-state index is -0.580. The zero-order valence-electron chi connectivity index (χ0n) is 15.7. The summed E-state index contributed by atoms with van der Waals surface area (Å²) in [7, 11) is 0. The average Bonchev–Trinajstić information content (AvgIpc) is 3.24. The number of anilines is 1. The van der Waals surface area contributed by atoms with Gasteiger partial charge in [-0.15, -0.1) is 0 Å². The number of hydrogen-bond acceptors (Lipinski definition) is 5. The molecule has 0 atom stereocenters. The molecule has 0 bridgehead atoms. The van der Waals surface area contributed by atoms with Gasteiger partial charge in [0.05, 0.1) is 47.5 Å². The van der Waals surface area contributed by atoms with Gasteiger partial charge in [0.15, 0.2) is 0 Å². The molecule has 1 amide bonds. The van der Waals surface area contributed by atoms with E-state index in [0.29, 0.717) is 28.0 Å². The molecule has 9 nitrogen and oxygen atoms in total. The van der Waals surface area contributed by atoms with Crippen molar-refractivity contribution in [1.82, 2.24) is 19.6 Å². The van der Waals surface area contributed by atoms with Crippen LogP contribution in [0.25, 0.3) is 0 Å². The number of aromatic nitrogens is 4. The standard InChI is InChI=1S/C18H18Cl2N6O3/c1-11-18(21-17(27)7-9-24-8-6-16(23-24)26(28)29)12(2)25(22-11)10-13-14(19)4-3-5-15(13)20/h3-6,8H,7,9-10H2,1-2H3,(H,21,27). The average molecular weight is 437 g/mol. The number of nitro groups is 1. The van der Waals surface area contributed by atoms with E-state index in [1.165, 1.54) is 16.9 Å². The van der Waals surface area contributed by atoms with E-state index in [1.807, 2.05) is 6.92 Å². The van der Waals surface area contributed by atoms with Crippen molar-refractivity contribution >= 4 is 40.6 Å². The fourth-order valence-electron chi connectivity index (χ4n) is 2.86. The molecule has 0 aliphatic rings. The van der Waals surface area contributed by atoms with Gasteiger partial charge in [-0.1, -0.05) is 29.3 Å². The molecule has 3 aromatic rings. The van der Waals surface area contributed by atoms with E-state index in [9.17, 15) is 14.9 Å². The Morgan fingerprint density at radius 2 is 1.90 bits per heavy atom. The molecule has 0 saturated heterocycles. The van der Waals surface area contributed by atoms with Crippen molar-refractivity contribution in [2.24, 2.45) is 0 Å². The number of aryl methyl sites for hydroxylation is 2. The van der Waals surface area contributed by atoms with Gasteiger partial charge in [-0.25, -0.2) is 0 Å². The summed E-state index contributed by atoms with van der Waals surface area (Å²) in [4.78, 5) is 22.4.